The van der Waals surface area contributed by atoms with Gasteiger partial charge >= 0.3 is 6.18 Å². The summed E-state index contributed by atoms with van der Waals surface area (Å²) in [4.78, 5) is 38.5. The van der Waals surface area contributed by atoms with Gasteiger partial charge in [-0.25, -0.2) is 8.42 Å². The van der Waals surface area contributed by atoms with Crippen molar-refractivity contribution in [1.29, 1.82) is 0 Å². The summed E-state index contributed by atoms with van der Waals surface area (Å²) in [5, 5.41) is -0.601. The summed E-state index contributed by atoms with van der Waals surface area (Å²) in [6.07, 6.45) is -4.53. The average molecular weight is 530 g/mol. The molecule has 0 aliphatic carbocycles. The molecule has 0 spiro atoms. The maximum Gasteiger partial charge on any atom is 0.417 e. The lowest BCUT2D eigenvalue weighted by Crippen LogP contribution is -2.50. The van der Waals surface area contributed by atoms with Crippen LogP contribution in [0.25, 0.3) is 0 Å². The highest BCUT2D eigenvalue weighted by atomic mass is 35.5. The molecule has 3 amide bonds. The number of hydrogen-bond acceptors (Lipinski definition) is 5. The van der Waals surface area contributed by atoms with Gasteiger partial charge in [0.25, 0.3) is 5.91 Å². The monoisotopic (exact) mass is 529 g/mol. The number of alkyl halides is 3. The molecular formula is C22H19ClF3N3O5S. The van der Waals surface area contributed by atoms with Crippen molar-refractivity contribution in [3.8, 4) is 0 Å². The number of hydrogen-bond donors (Lipinski definition) is 0. The third-order valence-corrected chi connectivity index (χ3v) is 8.06. The second-order valence-corrected chi connectivity index (χ2v) is 10.4. The lowest BCUT2D eigenvalue weighted by atomic mass is 10.1. The molecule has 0 unspecified atom stereocenters. The number of carbonyl (C=O) groups is 3. The van der Waals surface area contributed by atoms with Crippen molar-refractivity contribution >= 4 is 45.0 Å². The topological polar surface area (TPSA) is 95.1 Å². The number of piperazine rings is 1. The Kier molecular flexibility index (Phi) is 6.64. The number of sulfonamides is 1. The minimum atomic E-state index is -4.81. The number of anilines is 1. The van der Waals surface area contributed by atoms with Crippen molar-refractivity contribution in [2.45, 2.75) is 23.9 Å². The Labute approximate surface area is 203 Å². The zero-order chi connectivity index (χ0) is 25.5. The molecule has 0 bridgehead atoms. The lowest BCUT2D eigenvalue weighted by Gasteiger charge is -2.34. The van der Waals surface area contributed by atoms with Crippen LogP contribution < -0.4 is 4.90 Å². The molecule has 0 radical (unpaired) electrons. The highest BCUT2D eigenvalue weighted by molar-refractivity contribution is 7.89. The first-order valence-electron chi connectivity index (χ1n) is 10.5. The van der Waals surface area contributed by atoms with Gasteiger partial charge in [-0.2, -0.15) is 17.5 Å². The number of carbonyl (C=O) groups excluding carboxylic acids is 3. The number of nitrogens with zero attached hydrogens (tertiary/aromatic N) is 3. The molecule has 0 aromatic heterocycles. The molecule has 13 heteroatoms. The van der Waals surface area contributed by atoms with E-state index in [9.17, 15) is 36.0 Å². The zero-order valence-electron chi connectivity index (χ0n) is 18.1. The highest BCUT2D eigenvalue weighted by Gasteiger charge is 2.37. The van der Waals surface area contributed by atoms with Gasteiger partial charge in [-0.15, -0.1) is 0 Å². The summed E-state index contributed by atoms with van der Waals surface area (Å²) in [5.41, 5.74) is -0.586. The second-order valence-electron chi connectivity index (χ2n) is 8.01. The number of halogens is 4. The number of amides is 3. The molecule has 2 aromatic rings. The molecule has 0 atom stereocenters. The Morgan fingerprint density at radius 1 is 0.886 bits per heavy atom. The van der Waals surface area contributed by atoms with Gasteiger partial charge in [0.1, 0.15) is 0 Å². The molecule has 2 aliphatic rings. The molecule has 2 saturated heterocycles. The first-order chi connectivity index (χ1) is 16.4. The average Bonchev–Trinajstić information content (AvgIpc) is 3.16. The fourth-order valence-electron chi connectivity index (χ4n) is 3.96. The number of benzene rings is 2. The molecule has 35 heavy (non-hydrogen) atoms. The summed E-state index contributed by atoms with van der Waals surface area (Å²) in [6, 6.07) is 8.36. The second kappa shape index (κ2) is 9.25. The number of rotatable bonds is 4. The molecule has 8 nitrogen and oxygen atoms in total. The van der Waals surface area contributed by atoms with Gasteiger partial charge in [0, 0.05) is 44.6 Å². The lowest BCUT2D eigenvalue weighted by molar-refractivity contribution is -0.137. The summed E-state index contributed by atoms with van der Waals surface area (Å²) < 4.78 is 66.2. The van der Waals surface area contributed by atoms with Crippen LogP contribution in [0.4, 0.5) is 18.9 Å². The van der Waals surface area contributed by atoms with Crippen molar-refractivity contribution in [3.63, 3.8) is 0 Å². The van der Waals surface area contributed by atoms with Crippen molar-refractivity contribution in [1.82, 2.24) is 9.21 Å². The van der Waals surface area contributed by atoms with Crippen molar-refractivity contribution in [3.05, 3.63) is 58.6 Å². The Morgan fingerprint density at radius 2 is 1.46 bits per heavy atom. The standard InChI is InChI=1S/C22H19ClF3N3O5S/c23-18-6-5-16(13-17(18)22(24,25)26)35(33,34)28-11-9-27(10-12-28)21(32)14-1-3-15(4-2-14)29-19(30)7-8-20(29)31/h1-6,13H,7-12H2. The van der Waals surface area contributed by atoms with Crippen LogP contribution in [0.2, 0.25) is 5.02 Å². The predicted molar refractivity (Wildman–Crippen MR) is 119 cm³/mol. The van der Waals surface area contributed by atoms with Crippen LogP contribution in [0, 0.1) is 0 Å². The van der Waals surface area contributed by atoms with Crippen molar-refractivity contribution in [2.75, 3.05) is 31.1 Å². The smallest absolute Gasteiger partial charge is 0.336 e. The van der Waals surface area contributed by atoms with Gasteiger partial charge in [0.15, 0.2) is 0 Å². The van der Waals surface area contributed by atoms with E-state index in [0.29, 0.717) is 11.8 Å². The third-order valence-electron chi connectivity index (χ3n) is 5.83. The molecule has 2 fully saturated rings. The van der Waals surface area contributed by atoms with E-state index < -0.39 is 31.7 Å². The first kappa shape index (κ1) is 25.1. The van der Waals surface area contributed by atoms with E-state index in [2.05, 4.69) is 0 Å². The highest BCUT2D eigenvalue weighted by Crippen LogP contribution is 2.36. The minimum Gasteiger partial charge on any atom is -0.336 e. The van der Waals surface area contributed by atoms with Crippen LogP contribution >= 0.6 is 11.6 Å². The van der Waals surface area contributed by atoms with E-state index >= 15 is 0 Å². The SMILES string of the molecule is O=C(c1ccc(N2C(=O)CCC2=O)cc1)N1CCN(S(=O)(=O)c2ccc(Cl)c(C(F)(F)F)c2)CC1. The van der Waals surface area contributed by atoms with Gasteiger partial charge in [-0.05, 0) is 42.5 Å². The maximum atomic E-state index is 13.1. The van der Waals surface area contributed by atoms with E-state index in [1.165, 1.54) is 29.2 Å². The molecule has 186 valence electrons. The zero-order valence-corrected chi connectivity index (χ0v) is 19.7. The molecule has 2 aromatic carbocycles. The van der Waals surface area contributed by atoms with Gasteiger partial charge in [-0.3, -0.25) is 19.3 Å². The Bertz CT molecular complexity index is 1270. The molecular weight excluding hydrogens is 511 g/mol. The maximum absolute atomic E-state index is 13.1. The van der Waals surface area contributed by atoms with Gasteiger partial charge < -0.3 is 4.90 Å². The quantitative estimate of drug-likeness (QED) is 0.567. The van der Waals surface area contributed by atoms with E-state index in [1.807, 2.05) is 0 Å². The predicted octanol–water partition coefficient (Wildman–Crippen LogP) is 3.16. The Balaban J connectivity index is 1.43. The van der Waals surface area contributed by atoms with Crippen LogP contribution in [-0.2, 0) is 25.8 Å². The van der Waals surface area contributed by atoms with Gasteiger partial charge in [0.05, 0.1) is 21.2 Å². The van der Waals surface area contributed by atoms with E-state index in [1.54, 1.807) is 0 Å². The Hall–Kier alpha value is -2.96. The molecule has 2 aliphatic heterocycles. The summed E-state index contributed by atoms with van der Waals surface area (Å²) in [5.74, 6) is -0.998. The van der Waals surface area contributed by atoms with E-state index in [0.717, 1.165) is 21.3 Å². The van der Waals surface area contributed by atoms with Crippen LogP contribution in [0.15, 0.2) is 47.4 Å². The van der Waals surface area contributed by atoms with Crippen LogP contribution in [-0.4, -0.2) is 61.5 Å². The fraction of sp³-hybridized carbons (Fsp3) is 0.318. The van der Waals surface area contributed by atoms with E-state index in [4.69, 9.17) is 11.6 Å². The number of imide groups is 1. The van der Waals surface area contributed by atoms with Gasteiger partial charge in [-0.1, -0.05) is 11.6 Å². The largest absolute Gasteiger partial charge is 0.417 e. The van der Waals surface area contributed by atoms with Gasteiger partial charge in [0.2, 0.25) is 21.8 Å². The summed E-state index contributed by atoms with van der Waals surface area (Å²) in [6.45, 7) is -0.148. The molecule has 0 N–H and O–H groups in total. The molecule has 0 saturated carbocycles. The molecule has 2 heterocycles. The third kappa shape index (κ3) is 4.91. The van der Waals surface area contributed by atoms with Crippen LogP contribution in [0.1, 0.15) is 28.8 Å². The first-order valence-corrected chi connectivity index (χ1v) is 12.3. The van der Waals surface area contributed by atoms with Crippen LogP contribution in [0.3, 0.4) is 0 Å². The Morgan fingerprint density at radius 3 is 2.00 bits per heavy atom. The van der Waals surface area contributed by atoms with E-state index in [-0.39, 0.29) is 62.3 Å². The van der Waals surface area contributed by atoms with Crippen molar-refractivity contribution in [2.24, 2.45) is 0 Å². The minimum absolute atomic E-state index is 0.0304. The summed E-state index contributed by atoms with van der Waals surface area (Å²) in [7, 11) is -4.23. The molecule has 4 rings (SSSR count). The normalized spacial score (nSPS) is 17.8. The summed E-state index contributed by atoms with van der Waals surface area (Å²) >= 11 is 5.58. The van der Waals surface area contributed by atoms with Crippen LogP contribution in [0.5, 0.6) is 0 Å². The van der Waals surface area contributed by atoms with Crippen molar-refractivity contribution < 1.29 is 36.0 Å². The fourth-order valence-corrected chi connectivity index (χ4v) is 5.64.